The quantitative estimate of drug-likeness (QED) is 0.366. The molecule has 8 heteroatoms. The molecule has 5 aromatic rings. The summed E-state index contributed by atoms with van der Waals surface area (Å²) in [7, 11) is 4.75. The second-order valence-electron chi connectivity index (χ2n) is 7.45. The molecular weight excluding hydrogens is 434 g/mol. The zero-order valence-electron chi connectivity index (χ0n) is 18.8. The fraction of sp³-hybridized carbons (Fsp3) is 0.115. The fourth-order valence-electron chi connectivity index (χ4n) is 3.82. The molecule has 0 fully saturated rings. The van der Waals surface area contributed by atoms with Crippen LogP contribution < -0.4 is 19.8 Å². The Balaban J connectivity index is 1.67. The predicted molar refractivity (Wildman–Crippen MR) is 128 cm³/mol. The van der Waals surface area contributed by atoms with Crippen molar-refractivity contribution < 1.29 is 18.7 Å². The van der Waals surface area contributed by atoms with Crippen LogP contribution in [0.1, 0.15) is 0 Å². The van der Waals surface area contributed by atoms with Crippen molar-refractivity contribution in [1.29, 1.82) is 0 Å². The highest BCUT2D eigenvalue weighted by Crippen LogP contribution is 2.34. The zero-order valence-corrected chi connectivity index (χ0v) is 18.8. The second-order valence-corrected chi connectivity index (χ2v) is 7.45. The van der Waals surface area contributed by atoms with E-state index in [0.717, 1.165) is 0 Å². The highest BCUT2D eigenvalue weighted by Gasteiger charge is 2.19. The van der Waals surface area contributed by atoms with E-state index in [-0.39, 0.29) is 11.4 Å². The van der Waals surface area contributed by atoms with E-state index < -0.39 is 0 Å². The van der Waals surface area contributed by atoms with Crippen molar-refractivity contribution in [2.45, 2.75) is 0 Å². The third kappa shape index (κ3) is 3.65. The van der Waals surface area contributed by atoms with E-state index in [1.165, 1.54) is 0 Å². The first-order valence-electron chi connectivity index (χ1n) is 10.5. The number of ether oxygens (including phenoxy) is 3. The molecule has 0 aliphatic rings. The van der Waals surface area contributed by atoms with Crippen LogP contribution in [0, 0.1) is 0 Å². The van der Waals surface area contributed by atoms with Gasteiger partial charge in [-0.3, -0.25) is 9.36 Å². The summed E-state index contributed by atoms with van der Waals surface area (Å²) in [4.78, 5) is 17.9. The normalized spacial score (nSPS) is 10.9. The summed E-state index contributed by atoms with van der Waals surface area (Å²) < 4.78 is 23.2. The van der Waals surface area contributed by atoms with Gasteiger partial charge >= 0.3 is 0 Å². The van der Waals surface area contributed by atoms with Gasteiger partial charge in [-0.2, -0.15) is 4.98 Å². The molecule has 170 valence electrons. The Bertz CT molecular complexity index is 1540. The Kier molecular flexibility index (Phi) is 5.47. The summed E-state index contributed by atoms with van der Waals surface area (Å²) in [5, 5.41) is 5.43. The summed E-state index contributed by atoms with van der Waals surface area (Å²) in [6, 6.07) is 19.9. The maximum absolute atomic E-state index is 13.3. The van der Waals surface area contributed by atoms with Crippen molar-refractivity contribution in [3.63, 3.8) is 0 Å². The van der Waals surface area contributed by atoms with Gasteiger partial charge < -0.3 is 18.7 Å². The van der Waals surface area contributed by atoms with Crippen LogP contribution in [0.5, 0.6) is 17.2 Å². The highest BCUT2D eigenvalue weighted by molar-refractivity contribution is 5.94. The van der Waals surface area contributed by atoms with Gasteiger partial charge in [0.05, 0.1) is 32.5 Å². The first kappa shape index (κ1) is 21.3. The maximum atomic E-state index is 13.3. The summed E-state index contributed by atoms with van der Waals surface area (Å²) in [6.45, 7) is 0. The van der Waals surface area contributed by atoms with Crippen molar-refractivity contribution in [2.24, 2.45) is 0 Å². The SMILES string of the molecule is COc1ccc(-n2cc(-c3nc(-c4ccc(OC)cc4OC)no3)c3ccccc3c2=O)cc1. The summed E-state index contributed by atoms with van der Waals surface area (Å²) >= 11 is 0. The van der Waals surface area contributed by atoms with Gasteiger partial charge in [0.1, 0.15) is 17.2 Å². The molecule has 0 radical (unpaired) electrons. The average molecular weight is 455 g/mol. The van der Waals surface area contributed by atoms with Gasteiger partial charge in [-0.25, -0.2) is 0 Å². The number of hydrogen-bond donors (Lipinski definition) is 0. The van der Waals surface area contributed by atoms with E-state index in [4.69, 9.17) is 18.7 Å². The molecule has 0 N–H and O–H groups in total. The topological polar surface area (TPSA) is 88.6 Å². The molecule has 34 heavy (non-hydrogen) atoms. The van der Waals surface area contributed by atoms with E-state index in [9.17, 15) is 4.79 Å². The number of pyridine rings is 1. The molecule has 2 aromatic heterocycles. The number of benzene rings is 3. The van der Waals surface area contributed by atoms with E-state index >= 15 is 0 Å². The van der Waals surface area contributed by atoms with Crippen LogP contribution in [0.25, 0.3) is 39.3 Å². The number of aromatic nitrogens is 3. The third-order valence-electron chi connectivity index (χ3n) is 5.58. The fourth-order valence-corrected chi connectivity index (χ4v) is 3.82. The lowest BCUT2D eigenvalue weighted by Crippen LogP contribution is -2.18. The molecule has 0 saturated heterocycles. The van der Waals surface area contributed by atoms with Crippen molar-refractivity contribution in [3.05, 3.63) is 83.3 Å². The van der Waals surface area contributed by atoms with Crippen LogP contribution >= 0.6 is 0 Å². The standard InChI is InChI=1S/C26H21N3O5/c1-31-17-10-8-16(9-11-17)29-15-22(19-6-4-5-7-20(19)26(29)30)25-27-24(28-34-25)21-13-12-18(32-2)14-23(21)33-3/h4-15H,1-3H3. The zero-order chi connectivity index (χ0) is 23.7. The molecule has 0 aliphatic carbocycles. The number of hydrogen-bond acceptors (Lipinski definition) is 7. The first-order chi connectivity index (χ1) is 16.6. The lowest BCUT2D eigenvalue weighted by atomic mass is 10.1. The van der Waals surface area contributed by atoms with E-state index in [1.807, 2.05) is 36.4 Å². The van der Waals surface area contributed by atoms with Gasteiger partial charge in [0, 0.05) is 28.7 Å². The largest absolute Gasteiger partial charge is 0.497 e. The summed E-state index contributed by atoms with van der Waals surface area (Å²) in [5.74, 6) is 2.56. The minimum Gasteiger partial charge on any atom is -0.497 e. The molecule has 2 heterocycles. The monoisotopic (exact) mass is 455 g/mol. The molecule has 0 aliphatic heterocycles. The Labute approximate surface area is 194 Å². The van der Waals surface area contributed by atoms with Crippen molar-refractivity contribution in [1.82, 2.24) is 14.7 Å². The summed E-state index contributed by atoms with van der Waals surface area (Å²) in [6.07, 6.45) is 1.72. The molecular formula is C26H21N3O5. The Morgan fingerprint density at radius 3 is 2.21 bits per heavy atom. The van der Waals surface area contributed by atoms with Crippen LogP contribution in [0.2, 0.25) is 0 Å². The van der Waals surface area contributed by atoms with Crippen molar-refractivity contribution >= 4 is 10.8 Å². The van der Waals surface area contributed by atoms with Crippen LogP contribution in [-0.4, -0.2) is 36.0 Å². The van der Waals surface area contributed by atoms with Crippen LogP contribution in [0.4, 0.5) is 0 Å². The molecule has 8 nitrogen and oxygen atoms in total. The Morgan fingerprint density at radius 2 is 1.50 bits per heavy atom. The van der Waals surface area contributed by atoms with Crippen LogP contribution in [0.15, 0.2) is 82.2 Å². The van der Waals surface area contributed by atoms with Gasteiger partial charge in [-0.15, -0.1) is 0 Å². The maximum Gasteiger partial charge on any atom is 0.262 e. The molecule has 0 unspecified atom stereocenters. The number of methoxy groups -OCH3 is 3. The van der Waals surface area contributed by atoms with Gasteiger partial charge in [0.15, 0.2) is 0 Å². The van der Waals surface area contributed by atoms with Crippen LogP contribution in [-0.2, 0) is 0 Å². The van der Waals surface area contributed by atoms with E-state index in [1.54, 1.807) is 62.4 Å². The number of fused-ring (bicyclic) bond motifs is 1. The third-order valence-corrected chi connectivity index (χ3v) is 5.58. The van der Waals surface area contributed by atoms with Crippen molar-refractivity contribution in [3.8, 4) is 45.8 Å². The smallest absolute Gasteiger partial charge is 0.262 e. The minimum atomic E-state index is -0.152. The number of rotatable bonds is 6. The minimum absolute atomic E-state index is 0.152. The van der Waals surface area contributed by atoms with Gasteiger partial charge in [0.25, 0.3) is 11.4 Å². The van der Waals surface area contributed by atoms with E-state index in [0.29, 0.717) is 50.7 Å². The summed E-state index contributed by atoms with van der Waals surface area (Å²) in [5.41, 5.74) is 1.83. The average Bonchev–Trinajstić information content (AvgIpc) is 3.38. The predicted octanol–water partition coefficient (Wildman–Crippen LogP) is 4.73. The van der Waals surface area contributed by atoms with Crippen LogP contribution in [0.3, 0.4) is 0 Å². The van der Waals surface area contributed by atoms with Gasteiger partial charge in [-0.1, -0.05) is 23.4 Å². The number of nitrogens with zero attached hydrogens (tertiary/aromatic N) is 3. The molecule has 3 aromatic carbocycles. The molecule has 0 atom stereocenters. The molecule has 0 bridgehead atoms. The Hall–Kier alpha value is -4.59. The Morgan fingerprint density at radius 1 is 0.794 bits per heavy atom. The lowest BCUT2D eigenvalue weighted by Gasteiger charge is -2.11. The molecule has 5 rings (SSSR count). The molecule has 0 spiro atoms. The van der Waals surface area contributed by atoms with Gasteiger partial charge in [0.2, 0.25) is 5.82 Å². The van der Waals surface area contributed by atoms with Gasteiger partial charge in [-0.05, 0) is 42.5 Å². The van der Waals surface area contributed by atoms with E-state index in [2.05, 4.69) is 10.1 Å². The molecule has 0 amide bonds. The first-order valence-corrected chi connectivity index (χ1v) is 10.5. The second kappa shape index (κ2) is 8.74. The lowest BCUT2D eigenvalue weighted by molar-refractivity contribution is 0.394. The van der Waals surface area contributed by atoms with Crippen molar-refractivity contribution in [2.75, 3.05) is 21.3 Å². The molecule has 0 saturated carbocycles. The highest BCUT2D eigenvalue weighted by atomic mass is 16.5.